The number of carbonyl (C=O) groups excluding carboxylic acids is 1. The minimum absolute atomic E-state index is 0.0211. The van der Waals surface area contributed by atoms with Crippen molar-refractivity contribution in [3.8, 4) is 16.9 Å². The lowest BCUT2D eigenvalue weighted by Gasteiger charge is -2.39. The summed E-state index contributed by atoms with van der Waals surface area (Å²) in [6.45, 7) is 12.4. The van der Waals surface area contributed by atoms with E-state index in [1.54, 1.807) is 12.5 Å². The van der Waals surface area contributed by atoms with Crippen LogP contribution in [0.3, 0.4) is 0 Å². The van der Waals surface area contributed by atoms with Crippen molar-refractivity contribution in [2.75, 3.05) is 6.61 Å². The van der Waals surface area contributed by atoms with Gasteiger partial charge in [0.25, 0.3) is 5.91 Å². The van der Waals surface area contributed by atoms with Crippen LogP contribution >= 0.6 is 11.6 Å². The molecule has 1 amide bonds. The van der Waals surface area contributed by atoms with Crippen LogP contribution in [-0.4, -0.2) is 36.5 Å². The normalized spacial score (nSPS) is 13.0. The van der Waals surface area contributed by atoms with Gasteiger partial charge in [0, 0.05) is 17.8 Å². The van der Waals surface area contributed by atoms with Gasteiger partial charge in [-0.05, 0) is 66.4 Å². The van der Waals surface area contributed by atoms with E-state index in [0.717, 1.165) is 29.7 Å². The van der Waals surface area contributed by atoms with Crippen molar-refractivity contribution in [2.45, 2.75) is 64.4 Å². The predicted octanol–water partition coefficient (Wildman–Crippen LogP) is 6.55. The molecular formula is C27H36ClN3O3Si. The number of benzene rings is 2. The molecular weight excluding hydrogens is 478 g/mol. The number of hydrogen-bond donors (Lipinski definition) is 1. The lowest BCUT2D eigenvalue weighted by molar-refractivity contribution is 0.0995. The number of nitrogens with two attached hydrogens (primary N) is 1. The smallest absolute Gasteiger partial charge is 0.268 e. The maximum atomic E-state index is 11.4. The minimum atomic E-state index is -1.99. The summed E-state index contributed by atoms with van der Waals surface area (Å²) in [7, 11) is -1.99. The van der Waals surface area contributed by atoms with Crippen LogP contribution in [0, 0.1) is 0 Å². The molecule has 6 nitrogen and oxygen atoms in total. The van der Waals surface area contributed by atoms with Gasteiger partial charge < -0.3 is 19.5 Å². The molecule has 0 saturated heterocycles. The Labute approximate surface area is 214 Å². The highest BCUT2D eigenvalue weighted by molar-refractivity contribution is 6.74. The van der Waals surface area contributed by atoms with Crippen LogP contribution in [0.2, 0.25) is 23.2 Å². The predicted molar refractivity (Wildman–Crippen MR) is 144 cm³/mol. The highest BCUT2D eigenvalue weighted by Gasteiger charge is 2.39. The van der Waals surface area contributed by atoms with E-state index < -0.39 is 14.2 Å². The molecule has 188 valence electrons. The van der Waals surface area contributed by atoms with Gasteiger partial charge in [0.2, 0.25) is 0 Å². The van der Waals surface area contributed by atoms with Crippen molar-refractivity contribution in [3.63, 3.8) is 0 Å². The molecule has 0 radical (unpaired) electrons. The zero-order valence-electron chi connectivity index (χ0n) is 21.3. The minimum Gasteiger partial charge on any atom is -0.494 e. The first-order chi connectivity index (χ1) is 16.4. The van der Waals surface area contributed by atoms with Crippen LogP contribution in [0.25, 0.3) is 11.1 Å². The summed E-state index contributed by atoms with van der Waals surface area (Å²) in [4.78, 5) is 15.5. The van der Waals surface area contributed by atoms with Crippen LogP contribution in [0.4, 0.5) is 0 Å². The first-order valence-corrected chi connectivity index (χ1v) is 15.2. The van der Waals surface area contributed by atoms with Crippen molar-refractivity contribution in [1.29, 1.82) is 0 Å². The maximum absolute atomic E-state index is 11.4. The Balaban J connectivity index is 1.62. The van der Waals surface area contributed by atoms with Gasteiger partial charge in [-0.15, -0.1) is 0 Å². The van der Waals surface area contributed by atoms with Crippen LogP contribution in [0.5, 0.6) is 5.75 Å². The summed E-state index contributed by atoms with van der Waals surface area (Å²) in [5, 5.41) is 0.804. The quantitative estimate of drug-likeness (QED) is 0.233. The molecule has 1 heterocycles. The van der Waals surface area contributed by atoms with Crippen molar-refractivity contribution in [2.24, 2.45) is 5.73 Å². The highest BCUT2D eigenvalue weighted by Crippen LogP contribution is 2.38. The molecule has 0 saturated carbocycles. The zero-order chi connectivity index (χ0) is 25.6. The van der Waals surface area contributed by atoms with E-state index in [2.05, 4.69) is 38.8 Å². The van der Waals surface area contributed by atoms with Gasteiger partial charge in [-0.1, -0.05) is 56.6 Å². The van der Waals surface area contributed by atoms with Crippen LogP contribution < -0.4 is 10.5 Å². The van der Waals surface area contributed by atoms with Crippen molar-refractivity contribution in [1.82, 2.24) is 9.55 Å². The highest BCUT2D eigenvalue weighted by atomic mass is 35.5. The Kier molecular flexibility index (Phi) is 8.80. The molecule has 0 fully saturated rings. The lowest BCUT2D eigenvalue weighted by Crippen LogP contribution is -2.45. The van der Waals surface area contributed by atoms with Gasteiger partial charge in [0.15, 0.2) is 8.32 Å². The second-order valence-electron chi connectivity index (χ2n) is 10.3. The molecule has 1 aromatic heterocycles. The van der Waals surface area contributed by atoms with Crippen LogP contribution in [0.15, 0.2) is 61.1 Å². The third kappa shape index (κ3) is 7.69. The second kappa shape index (κ2) is 11.4. The fourth-order valence-corrected chi connectivity index (χ4v) is 5.11. The van der Waals surface area contributed by atoms with Gasteiger partial charge in [0.1, 0.15) is 11.4 Å². The number of rotatable bonds is 11. The number of carbonyl (C=O) groups is 1. The van der Waals surface area contributed by atoms with E-state index >= 15 is 0 Å². The zero-order valence-corrected chi connectivity index (χ0v) is 23.0. The number of ether oxygens (including phenoxy) is 1. The average Bonchev–Trinajstić information content (AvgIpc) is 3.25. The molecule has 0 bridgehead atoms. The number of aromatic nitrogens is 2. The molecule has 0 aliphatic rings. The van der Waals surface area contributed by atoms with E-state index in [1.807, 2.05) is 53.1 Å². The summed E-state index contributed by atoms with van der Waals surface area (Å²) in [5.74, 6) is 0.295. The summed E-state index contributed by atoms with van der Waals surface area (Å²) in [5.41, 5.74) is 7.75. The van der Waals surface area contributed by atoms with Gasteiger partial charge >= 0.3 is 0 Å². The summed E-state index contributed by atoms with van der Waals surface area (Å²) >= 11 is 6.15. The Hall–Kier alpha value is -2.61. The average molecular weight is 514 g/mol. The monoisotopic (exact) mass is 513 g/mol. The molecule has 0 unspecified atom stereocenters. The molecule has 8 heteroatoms. The number of imidazole rings is 1. The Morgan fingerprint density at radius 2 is 1.83 bits per heavy atom. The van der Waals surface area contributed by atoms with E-state index in [9.17, 15) is 4.79 Å². The molecule has 1 atom stereocenters. The number of amides is 1. The summed E-state index contributed by atoms with van der Waals surface area (Å²) in [6.07, 6.45) is 4.96. The van der Waals surface area contributed by atoms with Crippen LogP contribution in [0.1, 0.15) is 44.1 Å². The fourth-order valence-electron chi connectivity index (χ4n) is 3.54. The van der Waals surface area contributed by atoms with E-state index in [4.69, 9.17) is 26.5 Å². The summed E-state index contributed by atoms with van der Waals surface area (Å²) < 4.78 is 14.7. The second-order valence-corrected chi connectivity index (χ2v) is 15.5. The Bertz CT molecular complexity index is 1140. The third-order valence-electron chi connectivity index (χ3n) is 6.50. The van der Waals surface area contributed by atoms with Gasteiger partial charge in [0.05, 0.1) is 19.0 Å². The summed E-state index contributed by atoms with van der Waals surface area (Å²) in [6, 6.07) is 15.8. The topological polar surface area (TPSA) is 79.4 Å². The number of hydrogen-bond acceptors (Lipinski definition) is 4. The van der Waals surface area contributed by atoms with Gasteiger partial charge in [-0.25, -0.2) is 4.98 Å². The number of nitrogens with zero attached hydrogens (tertiary/aromatic N) is 2. The third-order valence-corrected chi connectivity index (χ3v) is 11.3. The standard InChI is InChI=1S/C27H36ClN3O3Si/c1-27(2,3)35(4,5)34-24(17-31-18-25(26(29)32)30-19-31)13-8-14-33-23-12-7-10-21(16-23)20-9-6-11-22(28)15-20/h6-7,9-12,15-16,18-19,24H,8,13-14,17H2,1-5H3,(H2,29,32)/t24-/m0/s1. The van der Waals surface area contributed by atoms with E-state index in [0.29, 0.717) is 18.2 Å². The molecule has 0 spiro atoms. The van der Waals surface area contributed by atoms with Crippen molar-refractivity contribution < 1.29 is 14.0 Å². The van der Waals surface area contributed by atoms with Crippen molar-refractivity contribution in [3.05, 3.63) is 71.8 Å². The molecule has 35 heavy (non-hydrogen) atoms. The fraction of sp³-hybridized carbons (Fsp3) is 0.407. The molecule has 0 aliphatic carbocycles. The Morgan fingerprint density at radius 1 is 1.14 bits per heavy atom. The maximum Gasteiger partial charge on any atom is 0.268 e. The SMILES string of the molecule is CC(C)(C)[Si](C)(C)O[C@@H](CCCOc1cccc(-c2cccc(Cl)c2)c1)Cn1cnc(C(N)=O)c1. The van der Waals surface area contributed by atoms with E-state index in [-0.39, 0.29) is 16.8 Å². The number of halogens is 1. The molecule has 3 rings (SSSR count). The molecule has 2 N–H and O–H groups in total. The molecule has 0 aliphatic heterocycles. The molecule has 3 aromatic rings. The largest absolute Gasteiger partial charge is 0.494 e. The van der Waals surface area contributed by atoms with Gasteiger partial charge in [-0.3, -0.25) is 4.79 Å². The first kappa shape index (κ1) is 27.0. The molecule has 2 aromatic carbocycles. The van der Waals surface area contributed by atoms with Crippen LogP contribution in [-0.2, 0) is 11.0 Å². The van der Waals surface area contributed by atoms with Crippen molar-refractivity contribution >= 4 is 25.8 Å². The van der Waals surface area contributed by atoms with Gasteiger partial charge in [-0.2, -0.15) is 0 Å². The first-order valence-electron chi connectivity index (χ1n) is 11.9. The van der Waals surface area contributed by atoms with E-state index in [1.165, 1.54) is 0 Å². The Morgan fingerprint density at radius 3 is 2.46 bits per heavy atom. The number of primary amides is 1. The lowest BCUT2D eigenvalue weighted by atomic mass is 10.1.